The van der Waals surface area contributed by atoms with Crippen LogP contribution in [0.1, 0.15) is 96.0 Å². The van der Waals surface area contributed by atoms with Crippen molar-refractivity contribution in [1.29, 1.82) is 0 Å². The van der Waals surface area contributed by atoms with Gasteiger partial charge in [0.1, 0.15) is 5.75 Å². The van der Waals surface area contributed by atoms with Crippen molar-refractivity contribution in [2.45, 2.75) is 90.4 Å². The second-order valence-electron chi connectivity index (χ2n) is 9.20. The van der Waals surface area contributed by atoms with E-state index in [1.54, 1.807) is 7.11 Å². The number of ether oxygens (including phenoxy) is 1. The first-order valence-corrected chi connectivity index (χ1v) is 11.3. The lowest BCUT2D eigenvalue weighted by Gasteiger charge is -2.42. The summed E-state index contributed by atoms with van der Waals surface area (Å²) in [5, 5.41) is 0. The van der Waals surface area contributed by atoms with Gasteiger partial charge in [-0.1, -0.05) is 58.1 Å². The van der Waals surface area contributed by atoms with Crippen molar-refractivity contribution in [2.75, 3.05) is 7.11 Å². The van der Waals surface area contributed by atoms with Gasteiger partial charge >= 0.3 is 0 Å². The molecule has 2 aliphatic carbocycles. The van der Waals surface area contributed by atoms with E-state index in [9.17, 15) is 0 Å². The van der Waals surface area contributed by atoms with Crippen molar-refractivity contribution in [3.8, 4) is 5.75 Å². The lowest BCUT2D eigenvalue weighted by molar-refractivity contribution is 0.101. The molecule has 2 saturated carbocycles. The van der Waals surface area contributed by atoms with E-state index >= 15 is 0 Å². The van der Waals surface area contributed by atoms with Gasteiger partial charge in [0, 0.05) is 0 Å². The molecule has 3 atom stereocenters. The summed E-state index contributed by atoms with van der Waals surface area (Å²) in [6.07, 6.45) is 16.0. The molecule has 0 heterocycles. The Balaban J connectivity index is 1.45. The Kier molecular flexibility index (Phi) is 7.46. The zero-order valence-electron chi connectivity index (χ0n) is 17.4. The third-order valence-corrected chi connectivity index (χ3v) is 7.52. The van der Waals surface area contributed by atoms with Gasteiger partial charge in [-0.25, -0.2) is 0 Å². The topological polar surface area (TPSA) is 9.23 Å². The van der Waals surface area contributed by atoms with Crippen molar-refractivity contribution >= 4 is 0 Å². The molecule has 2 aliphatic rings. The zero-order valence-corrected chi connectivity index (χ0v) is 17.4. The Labute approximate surface area is 161 Å². The molecule has 1 nitrogen and oxygen atoms in total. The highest BCUT2D eigenvalue weighted by atomic mass is 16.5. The molecular formula is C25H40O. The van der Waals surface area contributed by atoms with E-state index in [0.29, 0.717) is 0 Å². The van der Waals surface area contributed by atoms with Crippen LogP contribution in [0.25, 0.3) is 0 Å². The van der Waals surface area contributed by atoms with Gasteiger partial charge in [-0.05, 0) is 85.8 Å². The van der Waals surface area contributed by atoms with Gasteiger partial charge in [-0.15, -0.1) is 0 Å². The monoisotopic (exact) mass is 356 g/mol. The van der Waals surface area contributed by atoms with Crippen molar-refractivity contribution in [3.05, 3.63) is 29.8 Å². The molecule has 0 bridgehead atoms. The lowest BCUT2D eigenvalue weighted by atomic mass is 9.64. The van der Waals surface area contributed by atoms with Gasteiger partial charge in [0.05, 0.1) is 7.11 Å². The second kappa shape index (κ2) is 9.81. The van der Waals surface area contributed by atoms with Gasteiger partial charge in [0.2, 0.25) is 0 Å². The summed E-state index contributed by atoms with van der Waals surface area (Å²) < 4.78 is 5.30. The number of unbranched alkanes of at least 4 members (excludes halogenated alkanes) is 2. The summed E-state index contributed by atoms with van der Waals surface area (Å²) >= 11 is 0. The molecule has 2 fully saturated rings. The second-order valence-corrected chi connectivity index (χ2v) is 9.20. The SMILES string of the molecule is CCCCCC1CCC(C2CCC(c3ccc(OC)cc3)CC2)C(C)C1. The number of rotatable bonds is 7. The minimum Gasteiger partial charge on any atom is -0.497 e. The molecule has 0 N–H and O–H groups in total. The van der Waals surface area contributed by atoms with Crippen LogP contribution in [0.2, 0.25) is 0 Å². The molecular weight excluding hydrogens is 316 g/mol. The van der Waals surface area contributed by atoms with Gasteiger partial charge in [0.15, 0.2) is 0 Å². The number of methoxy groups -OCH3 is 1. The standard InChI is InChI=1S/C25H40O/c1-4-5-6-7-20-8-17-25(19(2)18-20)23-11-9-21(10-12-23)22-13-15-24(26-3)16-14-22/h13-16,19-21,23,25H,4-12,17-18H2,1-3H3. The molecule has 0 spiro atoms. The van der Waals surface area contributed by atoms with Gasteiger partial charge in [0.25, 0.3) is 0 Å². The van der Waals surface area contributed by atoms with Crippen LogP contribution in [-0.4, -0.2) is 7.11 Å². The predicted octanol–water partition coefficient (Wildman–Crippen LogP) is 7.60. The molecule has 26 heavy (non-hydrogen) atoms. The van der Waals surface area contributed by atoms with E-state index in [-0.39, 0.29) is 0 Å². The summed E-state index contributed by atoms with van der Waals surface area (Å²) in [7, 11) is 1.75. The lowest BCUT2D eigenvalue weighted by Crippen LogP contribution is -2.31. The Hall–Kier alpha value is -0.980. The highest BCUT2D eigenvalue weighted by molar-refractivity contribution is 5.29. The zero-order chi connectivity index (χ0) is 18.4. The fourth-order valence-corrected chi connectivity index (χ4v) is 5.93. The summed E-state index contributed by atoms with van der Waals surface area (Å²) in [6, 6.07) is 8.83. The van der Waals surface area contributed by atoms with Crippen LogP contribution in [0, 0.1) is 23.7 Å². The molecule has 3 unspecified atom stereocenters. The molecule has 0 aromatic heterocycles. The average molecular weight is 357 g/mol. The summed E-state index contributed by atoms with van der Waals surface area (Å²) in [4.78, 5) is 0. The minimum atomic E-state index is 0.776. The minimum absolute atomic E-state index is 0.776. The van der Waals surface area contributed by atoms with E-state index in [0.717, 1.165) is 35.3 Å². The Bertz CT molecular complexity index is 511. The highest BCUT2D eigenvalue weighted by Crippen LogP contribution is 2.46. The molecule has 146 valence electrons. The molecule has 0 aliphatic heterocycles. The van der Waals surface area contributed by atoms with Gasteiger partial charge in [-0.2, -0.15) is 0 Å². The van der Waals surface area contributed by atoms with Crippen LogP contribution in [-0.2, 0) is 0 Å². The van der Waals surface area contributed by atoms with Crippen LogP contribution in [0.4, 0.5) is 0 Å². The third kappa shape index (κ3) is 5.05. The highest BCUT2D eigenvalue weighted by Gasteiger charge is 2.35. The van der Waals surface area contributed by atoms with Crippen molar-refractivity contribution < 1.29 is 4.74 Å². The predicted molar refractivity (Wildman–Crippen MR) is 112 cm³/mol. The number of hydrogen-bond donors (Lipinski definition) is 0. The maximum Gasteiger partial charge on any atom is 0.118 e. The smallest absolute Gasteiger partial charge is 0.118 e. The normalized spacial score (nSPS) is 32.3. The van der Waals surface area contributed by atoms with E-state index in [1.165, 1.54) is 76.2 Å². The van der Waals surface area contributed by atoms with Crippen molar-refractivity contribution in [2.24, 2.45) is 23.7 Å². The number of benzene rings is 1. The Morgan fingerprint density at radius 1 is 0.923 bits per heavy atom. The largest absolute Gasteiger partial charge is 0.497 e. The fourth-order valence-electron chi connectivity index (χ4n) is 5.93. The van der Waals surface area contributed by atoms with Gasteiger partial charge < -0.3 is 4.74 Å². The van der Waals surface area contributed by atoms with Crippen LogP contribution in [0.3, 0.4) is 0 Å². The third-order valence-electron chi connectivity index (χ3n) is 7.52. The first-order chi connectivity index (χ1) is 12.7. The van der Waals surface area contributed by atoms with E-state index in [2.05, 4.69) is 38.1 Å². The van der Waals surface area contributed by atoms with Crippen LogP contribution in [0.15, 0.2) is 24.3 Å². The van der Waals surface area contributed by atoms with Crippen molar-refractivity contribution in [1.82, 2.24) is 0 Å². The van der Waals surface area contributed by atoms with E-state index < -0.39 is 0 Å². The maximum atomic E-state index is 5.30. The van der Waals surface area contributed by atoms with Crippen molar-refractivity contribution in [3.63, 3.8) is 0 Å². The molecule has 1 heteroatoms. The number of hydrogen-bond acceptors (Lipinski definition) is 1. The maximum absolute atomic E-state index is 5.30. The molecule has 0 saturated heterocycles. The summed E-state index contributed by atoms with van der Waals surface area (Å²) in [5.41, 5.74) is 1.52. The molecule has 0 amide bonds. The van der Waals surface area contributed by atoms with E-state index in [4.69, 9.17) is 4.74 Å². The molecule has 1 aromatic carbocycles. The van der Waals surface area contributed by atoms with Crippen LogP contribution in [0.5, 0.6) is 5.75 Å². The summed E-state index contributed by atoms with van der Waals surface area (Å²) in [6.45, 7) is 4.88. The fraction of sp³-hybridized carbons (Fsp3) is 0.760. The average Bonchev–Trinajstić information content (AvgIpc) is 2.69. The first kappa shape index (κ1) is 19.8. The van der Waals surface area contributed by atoms with Crippen LogP contribution >= 0.6 is 0 Å². The van der Waals surface area contributed by atoms with Gasteiger partial charge in [-0.3, -0.25) is 0 Å². The first-order valence-electron chi connectivity index (χ1n) is 11.3. The van der Waals surface area contributed by atoms with E-state index in [1.807, 2.05) is 0 Å². The van der Waals surface area contributed by atoms with Crippen LogP contribution < -0.4 is 4.74 Å². The Morgan fingerprint density at radius 3 is 2.27 bits per heavy atom. The molecule has 3 rings (SSSR count). The Morgan fingerprint density at radius 2 is 1.65 bits per heavy atom. The molecule has 1 aromatic rings. The summed E-state index contributed by atoms with van der Waals surface area (Å²) in [5.74, 6) is 5.75. The molecule has 0 radical (unpaired) electrons. The quantitative estimate of drug-likeness (QED) is 0.457.